The van der Waals surface area contributed by atoms with E-state index >= 15 is 0 Å². The zero-order valence-electron chi connectivity index (χ0n) is 10.9. The first kappa shape index (κ1) is 12.9. The van der Waals surface area contributed by atoms with Crippen molar-refractivity contribution >= 4 is 5.91 Å². The number of amides is 1. The summed E-state index contributed by atoms with van der Waals surface area (Å²) in [4.78, 5) is 11.6. The lowest BCUT2D eigenvalue weighted by atomic mass is 9.85. The van der Waals surface area contributed by atoms with Gasteiger partial charge in [0.2, 0.25) is 5.91 Å². The first-order valence-electron chi connectivity index (χ1n) is 6.67. The Labute approximate surface area is 109 Å². The molecule has 1 aliphatic carbocycles. The van der Waals surface area contributed by atoms with Crippen LogP contribution in [0, 0.1) is 5.92 Å². The van der Waals surface area contributed by atoms with E-state index in [1.807, 2.05) is 24.3 Å². The van der Waals surface area contributed by atoms with Crippen molar-refractivity contribution in [3.05, 3.63) is 29.8 Å². The summed E-state index contributed by atoms with van der Waals surface area (Å²) < 4.78 is 5.10. The van der Waals surface area contributed by atoms with Crippen LogP contribution in [0.25, 0.3) is 0 Å². The third-order valence-electron chi connectivity index (χ3n) is 3.61. The van der Waals surface area contributed by atoms with Crippen LogP contribution in [0.5, 0.6) is 5.75 Å². The number of ether oxygens (including phenoxy) is 1. The Morgan fingerprint density at radius 2 is 2.06 bits per heavy atom. The van der Waals surface area contributed by atoms with Gasteiger partial charge >= 0.3 is 0 Å². The average molecular weight is 247 g/mol. The van der Waals surface area contributed by atoms with E-state index in [2.05, 4.69) is 5.32 Å². The van der Waals surface area contributed by atoms with Crippen LogP contribution in [0.1, 0.15) is 31.2 Å². The maximum absolute atomic E-state index is 11.6. The summed E-state index contributed by atoms with van der Waals surface area (Å²) in [5.41, 5.74) is 1.18. The minimum atomic E-state index is 0.165. The fraction of sp³-hybridized carbons (Fsp3) is 0.533. The van der Waals surface area contributed by atoms with Crippen LogP contribution in [0.2, 0.25) is 0 Å². The number of carbonyl (C=O) groups excluding carboxylic acids is 1. The topological polar surface area (TPSA) is 38.3 Å². The molecular weight excluding hydrogens is 226 g/mol. The molecule has 1 fully saturated rings. The van der Waals surface area contributed by atoms with E-state index in [0.717, 1.165) is 24.6 Å². The quantitative estimate of drug-likeness (QED) is 0.839. The Morgan fingerprint density at radius 1 is 1.33 bits per heavy atom. The minimum absolute atomic E-state index is 0.165. The molecule has 3 heteroatoms. The van der Waals surface area contributed by atoms with Crippen LogP contribution in [0.4, 0.5) is 0 Å². The van der Waals surface area contributed by atoms with Crippen LogP contribution >= 0.6 is 0 Å². The lowest BCUT2D eigenvalue weighted by Crippen LogP contribution is -2.32. The smallest absolute Gasteiger partial charge is 0.220 e. The molecule has 1 aromatic carbocycles. The van der Waals surface area contributed by atoms with Crippen molar-refractivity contribution in [2.75, 3.05) is 13.7 Å². The van der Waals surface area contributed by atoms with E-state index in [-0.39, 0.29) is 5.91 Å². The fourth-order valence-corrected chi connectivity index (χ4v) is 2.09. The van der Waals surface area contributed by atoms with Gasteiger partial charge < -0.3 is 10.1 Å². The first-order valence-corrected chi connectivity index (χ1v) is 6.67. The molecule has 0 unspecified atom stereocenters. The van der Waals surface area contributed by atoms with Gasteiger partial charge in [-0.2, -0.15) is 0 Å². The van der Waals surface area contributed by atoms with Gasteiger partial charge in [-0.1, -0.05) is 18.6 Å². The van der Waals surface area contributed by atoms with Gasteiger partial charge in [-0.15, -0.1) is 0 Å². The highest BCUT2D eigenvalue weighted by Gasteiger charge is 2.17. The van der Waals surface area contributed by atoms with E-state index in [0.29, 0.717) is 6.42 Å². The minimum Gasteiger partial charge on any atom is -0.497 e. The van der Waals surface area contributed by atoms with Gasteiger partial charge in [0.25, 0.3) is 0 Å². The number of hydrogen-bond donors (Lipinski definition) is 1. The van der Waals surface area contributed by atoms with E-state index in [1.54, 1.807) is 7.11 Å². The molecule has 1 aliphatic rings. The standard InChI is InChI=1S/C15H21NO2/c1-18-14-8-5-12(6-9-14)7-10-15(17)16-11-13-3-2-4-13/h5-6,8-9,13H,2-4,7,10-11H2,1H3,(H,16,17). The summed E-state index contributed by atoms with van der Waals surface area (Å²) >= 11 is 0. The first-order chi connectivity index (χ1) is 8.78. The number of benzene rings is 1. The Morgan fingerprint density at radius 3 is 2.61 bits per heavy atom. The summed E-state index contributed by atoms with van der Waals surface area (Å²) in [5, 5.41) is 3.01. The molecule has 98 valence electrons. The summed E-state index contributed by atoms with van der Waals surface area (Å²) in [6.07, 6.45) is 5.24. The van der Waals surface area contributed by atoms with Crippen molar-refractivity contribution < 1.29 is 9.53 Å². The summed E-state index contributed by atoms with van der Waals surface area (Å²) in [6.45, 7) is 0.863. The van der Waals surface area contributed by atoms with Gasteiger partial charge in [-0.05, 0) is 42.9 Å². The molecule has 1 aromatic rings. The fourth-order valence-electron chi connectivity index (χ4n) is 2.09. The summed E-state index contributed by atoms with van der Waals surface area (Å²) in [5.74, 6) is 1.75. The average Bonchev–Trinajstić information content (AvgIpc) is 2.35. The number of nitrogens with one attached hydrogen (secondary N) is 1. The largest absolute Gasteiger partial charge is 0.497 e. The van der Waals surface area contributed by atoms with Gasteiger partial charge in [0.15, 0.2) is 0 Å². The zero-order chi connectivity index (χ0) is 12.8. The van der Waals surface area contributed by atoms with E-state index in [4.69, 9.17) is 4.74 Å². The molecule has 1 N–H and O–H groups in total. The van der Waals surface area contributed by atoms with Crippen LogP contribution in [-0.4, -0.2) is 19.6 Å². The number of carbonyl (C=O) groups is 1. The number of rotatable bonds is 6. The second-order valence-corrected chi connectivity index (χ2v) is 4.95. The highest BCUT2D eigenvalue weighted by molar-refractivity contribution is 5.76. The molecule has 1 amide bonds. The number of aryl methyl sites for hydroxylation is 1. The van der Waals surface area contributed by atoms with Gasteiger partial charge in [-0.25, -0.2) is 0 Å². The van der Waals surface area contributed by atoms with E-state index in [1.165, 1.54) is 24.8 Å². The molecule has 0 bridgehead atoms. The second kappa shape index (κ2) is 6.43. The highest BCUT2D eigenvalue weighted by Crippen LogP contribution is 2.25. The van der Waals surface area contributed by atoms with Crippen molar-refractivity contribution in [3.8, 4) is 5.75 Å². The zero-order valence-corrected chi connectivity index (χ0v) is 10.9. The van der Waals surface area contributed by atoms with Crippen molar-refractivity contribution in [1.29, 1.82) is 0 Å². The maximum atomic E-state index is 11.6. The predicted molar refractivity (Wildman–Crippen MR) is 71.7 cm³/mol. The summed E-state index contributed by atoms with van der Waals surface area (Å²) in [7, 11) is 1.66. The van der Waals surface area contributed by atoms with E-state index < -0.39 is 0 Å². The van der Waals surface area contributed by atoms with Crippen LogP contribution in [0.15, 0.2) is 24.3 Å². The molecular formula is C15H21NO2. The molecule has 0 heterocycles. The van der Waals surface area contributed by atoms with Gasteiger partial charge in [-0.3, -0.25) is 4.79 Å². The molecule has 18 heavy (non-hydrogen) atoms. The van der Waals surface area contributed by atoms with Crippen molar-refractivity contribution in [2.45, 2.75) is 32.1 Å². The third kappa shape index (κ3) is 3.76. The molecule has 3 nitrogen and oxygen atoms in total. The van der Waals surface area contributed by atoms with Crippen LogP contribution in [0.3, 0.4) is 0 Å². The SMILES string of the molecule is COc1ccc(CCC(=O)NCC2CCC2)cc1. The molecule has 0 spiro atoms. The molecule has 0 saturated heterocycles. The lowest BCUT2D eigenvalue weighted by Gasteiger charge is -2.25. The molecule has 0 radical (unpaired) electrons. The van der Waals surface area contributed by atoms with Crippen molar-refractivity contribution in [2.24, 2.45) is 5.92 Å². The molecule has 2 rings (SSSR count). The Bertz CT molecular complexity index is 382. The Kier molecular flexibility index (Phi) is 4.62. The molecule has 1 saturated carbocycles. The van der Waals surface area contributed by atoms with Crippen LogP contribution in [-0.2, 0) is 11.2 Å². The van der Waals surface area contributed by atoms with Crippen LogP contribution < -0.4 is 10.1 Å². The highest BCUT2D eigenvalue weighted by atomic mass is 16.5. The van der Waals surface area contributed by atoms with Gasteiger partial charge in [0.05, 0.1) is 7.11 Å². The Hall–Kier alpha value is -1.51. The van der Waals surface area contributed by atoms with Crippen molar-refractivity contribution in [3.63, 3.8) is 0 Å². The second-order valence-electron chi connectivity index (χ2n) is 4.95. The van der Waals surface area contributed by atoms with E-state index in [9.17, 15) is 4.79 Å². The van der Waals surface area contributed by atoms with Crippen molar-refractivity contribution in [1.82, 2.24) is 5.32 Å². The summed E-state index contributed by atoms with van der Waals surface area (Å²) in [6, 6.07) is 7.89. The predicted octanol–water partition coefficient (Wildman–Crippen LogP) is 2.54. The lowest BCUT2D eigenvalue weighted by molar-refractivity contribution is -0.121. The Balaban J connectivity index is 1.67. The normalized spacial score (nSPS) is 14.9. The monoisotopic (exact) mass is 247 g/mol. The molecule has 0 aromatic heterocycles. The molecule has 0 atom stereocenters. The molecule has 0 aliphatic heterocycles. The third-order valence-corrected chi connectivity index (χ3v) is 3.61. The van der Waals surface area contributed by atoms with Gasteiger partial charge in [0, 0.05) is 13.0 Å². The number of hydrogen-bond acceptors (Lipinski definition) is 2. The van der Waals surface area contributed by atoms with Gasteiger partial charge in [0.1, 0.15) is 5.75 Å². The maximum Gasteiger partial charge on any atom is 0.220 e. The number of methoxy groups -OCH3 is 1.